The first-order chi connectivity index (χ1) is 37.5. The van der Waals surface area contributed by atoms with E-state index in [1.807, 2.05) is 0 Å². The predicted octanol–water partition coefficient (Wildman–Crippen LogP) is 22.9. The van der Waals surface area contributed by atoms with Gasteiger partial charge in [-0.25, -0.2) is 0 Å². The molecule has 444 valence electrons. The first-order valence-electron chi connectivity index (χ1n) is 33.6. The molecule has 0 aromatic rings. The number of carbonyl (C=O) groups is 3. The number of allylic oxidation sites excluding steroid dienone is 8. The Labute approximate surface area is 473 Å². The van der Waals surface area contributed by atoms with E-state index < -0.39 is 6.10 Å². The zero-order valence-electron chi connectivity index (χ0n) is 51.0. The number of hydrogen-bond donors (Lipinski definition) is 0. The average Bonchev–Trinajstić information content (AvgIpc) is 3.42. The standard InChI is InChI=1S/C70H128O6/c1-4-7-10-13-16-19-22-25-28-31-33-34-35-36-38-39-42-45-48-51-54-57-60-63-69(72)75-66-67(65-74-68(71)62-59-56-53-50-47-44-41-30-27-24-21-18-15-12-9-6-3)76-70(73)64-61-58-55-52-49-46-43-40-37-32-29-26-23-20-17-14-11-8-5-2/h17,20-21,24,26,29-30,41,67H,4-16,18-19,22-23,25,27-28,31-40,42-66H2,1-3H3/b20-17-,24-21-,29-26-,41-30-. The molecule has 0 aliphatic heterocycles. The van der Waals surface area contributed by atoms with E-state index in [1.165, 1.54) is 238 Å². The van der Waals surface area contributed by atoms with Gasteiger partial charge in [0, 0.05) is 19.3 Å². The second kappa shape index (κ2) is 64.9. The summed E-state index contributed by atoms with van der Waals surface area (Å²) in [7, 11) is 0. The highest BCUT2D eigenvalue weighted by Gasteiger charge is 2.19. The van der Waals surface area contributed by atoms with Crippen molar-refractivity contribution in [2.45, 2.75) is 367 Å². The Morgan fingerprint density at radius 1 is 0.263 bits per heavy atom. The third kappa shape index (κ3) is 62.2. The summed E-state index contributed by atoms with van der Waals surface area (Å²) in [6.45, 7) is 6.65. The van der Waals surface area contributed by atoms with Crippen LogP contribution in [0.2, 0.25) is 0 Å². The lowest BCUT2D eigenvalue weighted by Gasteiger charge is -2.18. The number of carbonyl (C=O) groups excluding carboxylic acids is 3. The maximum absolute atomic E-state index is 12.9. The molecule has 0 saturated carbocycles. The number of hydrogen-bond acceptors (Lipinski definition) is 6. The summed E-state index contributed by atoms with van der Waals surface area (Å²) in [6.07, 6.45) is 81.2. The molecule has 1 unspecified atom stereocenters. The molecular formula is C70H128O6. The fourth-order valence-electron chi connectivity index (χ4n) is 9.98. The first-order valence-corrected chi connectivity index (χ1v) is 33.6. The number of unbranched alkanes of at least 4 members (excludes halogenated alkanes) is 43. The summed E-state index contributed by atoms with van der Waals surface area (Å²) in [6, 6.07) is 0. The maximum Gasteiger partial charge on any atom is 0.306 e. The van der Waals surface area contributed by atoms with E-state index in [-0.39, 0.29) is 31.1 Å². The van der Waals surface area contributed by atoms with Crippen LogP contribution in [-0.4, -0.2) is 37.2 Å². The summed E-state index contributed by atoms with van der Waals surface area (Å²) in [4.78, 5) is 38.4. The predicted molar refractivity (Wildman–Crippen MR) is 330 cm³/mol. The molecule has 0 aliphatic carbocycles. The minimum atomic E-state index is -0.781. The van der Waals surface area contributed by atoms with Crippen molar-refractivity contribution in [1.29, 1.82) is 0 Å². The summed E-state index contributed by atoms with van der Waals surface area (Å²) < 4.78 is 17.0. The molecule has 0 amide bonds. The van der Waals surface area contributed by atoms with E-state index in [4.69, 9.17) is 14.2 Å². The Bertz CT molecular complexity index is 1310. The average molecular weight is 1070 g/mol. The van der Waals surface area contributed by atoms with Crippen LogP contribution in [0, 0.1) is 0 Å². The quantitative estimate of drug-likeness (QED) is 0.0261. The van der Waals surface area contributed by atoms with E-state index in [1.54, 1.807) is 0 Å². The van der Waals surface area contributed by atoms with Crippen LogP contribution in [-0.2, 0) is 28.6 Å². The van der Waals surface area contributed by atoms with Crippen molar-refractivity contribution in [2.75, 3.05) is 13.2 Å². The fraction of sp³-hybridized carbons (Fsp3) is 0.843. The van der Waals surface area contributed by atoms with Crippen LogP contribution in [0.15, 0.2) is 48.6 Å². The van der Waals surface area contributed by atoms with Gasteiger partial charge in [-0.15, -0.1) is 0 Å². The van der Waals surface area contributed by atoms with Crippen molar-refractivity contribution in [1.82, 2.24) is 0 Å². The van der Waals surface area contributed by atoms with E-state index in [9.17, 15) is 14.4 Å². The zero-order valence-corrected chi connectivity index (χ0v) is 51.0. The largest absolute Gasteiger partial charge is 0.462 e. The molecule has 0 aliphatic rings. The van der Waals surface area contributed by atoms with Gasteiger partial charge in [0.1, 0.15) is 13.2 Å². The van der Waals surface area contributed by atoms with Gasteiger partial charge in [0.05, 0.1) is 0 Å². The molecule has 1 atom stereocenters. The van der Waals surface area contributed by atoms with Gasteiger partial charge in [-0.2, -0.15) is 0 Å². The molecular weight excluding hydrogens is 937 g/mol. The number of ether oxygens (including phenoxy) is 3. The highest BCUT2D eigenvalue weighted by molar-refractivity contribution is 5.71. The second-order valence-corrected chi connectivity index (χ2v) is 22.7. The zero-order chi connectivity index (χ0) is 55.0. The monoisotopic (exact) mass is 1060 g/mol. The molecule has 76 heavy (non-hydrogen) atoms. The molecule has 0 aromatic carbocycles. The van der Waals surface area contributed by atoms with Gasteiger partial charge >= 0.3 is 17.9 Å². The van der Waals surface area contributed by atoms with Crippen molar-refractivity contribution in [2.24, 2.45) is 0 Å². The summed E-state index contributed by atoms with van der Waals surface area (Å²) >= 11 is 0. The molecule has 0 heterocycles. The van der Waals surface area contributed by atoms with Gasteiger partial charge in [0.2, 0.25) is 0 Å². The molecule has 0 rings (SSSR count). The van der Waals surface area contributed by atoms with Gasteiger partial charge in [0.15, 0.2) is 6.10 Å². The third-order valence-electron chi connectivity index (χ3n) is 15.1. The summed E-state index contributed by atoms with van der Waals surface area (Å²) in [5.41, 5.74) is 0. The molecule has 6 nitrogen and oxygen atoms in total. The van der Waals surface area contributed by atoms with Gasteiger partial charge in [-0.05, 0) is 83.5 Å². The van der Waals surface area contributed by atoms with Crippen molar-refractivity contribution < 1.29 is 28.6 Å². The molecule has 0 aromatic heterocycles. The lowest BCUT2D eigenvalue weighted by Crippen LogP contribution is -2.30. The highest BCUT2D eigenvalue weighted by atomic mass is 16.6. The van der Waals surface area contributed by atoms with Crippen LogP contribution in [0.3, 0.4) is 0 Å². The van der Waals surface area contributed by atoms with E-state index in [0.29, 0.717) is 19.3 Å². The Balaban J connectivity index is 4.32. The minimum Gasteiger partial charge on any atom is -0.462 e. The number of rotatable bonds is 62. The third-order valence-corrected chi connectivity index (χ3v) is 15.1. The van der Waals surface area contributed by atoms with Gasteiger partial charge in [0.25, 0.3) is 0 Å². The minimum absolute atomic E-state index is 0.0756. The lowest BCUT2D eigenvalue weighted by molar-refractivity contribution is -0.167. The fourth-order valence-corrected chi connectivity index (χ4v) is 9.98. The SMILES string of the molecule is CCCCC/C=C\C/C=C\CCCCCCCCCCCC(=O)OC(COC(=O)CCCCCCC/C=C\C/C=C\CCCCCC)COC(=O)CCCCCCCCCCCCCCCCCCCCCCCCC. The normalized spacial score (nSPS) is 12.3. The van der Waals surface area contributed by atoms with E-state index in [2.05, 4.69) is 69.4 Å². The maximum atomic E-state index is 12.9. The van der Waals surface area contributed by atoms with Crippen molar-refractivity contribution in [3.05, 3.63) is 48.6 Å². The van der Waals surface area contributed by atoms with Crippen LogP contribution in [0.4, 0.5) is 0 Å². The van der Waals surface area contributed by atoms with Crippen LogP contribution in [0.1, 0.15) is 361 Å². The smallest absolute Gasteiger partial charge is 0.306 e. The molecule has 0 spiro atoms. The lowest BCUT2D eigenvalue weighted by atomic mass is 10.0. The second-order valence-electron chi connectivity index (χ2n) is 22.7. The summed E-state index contributed by atoms with van der Waals surface area (Å²) in [5, 5.41) is 0. The molecule has 0 saturated heterocycles. The van der Waals surface area contributed by atoms with E-state index in [0.717, 1.165) is 83.5 Å². The molecule has 0 bridgehead atoms. The Morgan fingerprint density at radius 2 is 0.474 bits per heavy atom. The van der Waals surface area contributed by atoms with Crippen LogP contribution < -0.4 is 0 Å². The van der Waals surface area contributed by atoms with Crippen LogP contribution in [0.5, 0.6) is 0 Å². The van der Waals surface area contributed by atoms with Crippen LogP contribution in [0.25, 0.3) is 0 Å². The van der Waals surface area contributed by atoms with Crippen molar-refractivity contribution in [3.63, 3.8) is 0 Å². The highest BCUT2D eigenvalue weighted by Crippen LogP contribution is 2.18. The Kier molecular flexibility index (Phi) is 62.6. The van der Waals surface area contributed by atoms with E-state index >= 15 is 0 Å². The van der Waals surface area contributed by atoms with Gasteiger partial charge in [-0.3, -0.25) is 14.4 Å². The van der Waals surface area contributed by atoms with Gasteiger partial charge < -0.3 is 14.2 Å². The van der Waals surface area contributed by atoms with Crippen molar-refractivity contribution in [3.8, 4) is 0 Å². The summed E-state index contributed by atoms with van der Waals surface area (Å²) in [5.74, 6) is -0.871. The Hall–Kier alpha value is -2.63. The topological polar surface area (TPSA) is 78.9 Å². The Morgan fingerprint density at radius 3 is 0.763 bits per heavy atom. The molecule has 0 N–H and O–H groups in total. The number of esters is 3. The van der Waals surface area contributed by atoms with Gasteiger partial charge in [-0.1, -0.05) is 307 Å². The first kappa shape index (κ1) is 73.4. The molecule has 0 radical (unpaired) electrons. The van der Waals surface area contributed by atoms with Crippen LogP contribution >= 0.6 is 0 Å². The molecule has 6 heteroatoms. The van der Waals surface area contributed by atoms with Crippen molar-refractivity contribution >= 4 is 17.9 Å². The molecule has 0 fully saturated rings.